The molecule has 3 unspecified atom stereocenters. The molecule has 2 saturated heterocycles. The Morgan fingerprint density at radius 2 is 2.25 bits per heavy atom. The highest BCUT2D eigenvalue weighted by molar-refractivity contribution is 8.00. The monoisotopic (exact) mass is 264 g/mol. The van der Waals surface area contributed by atoms with Crippen molar-refractivity contribution in [2.24, 2.45) is 5.92 Å². The number of thioether (sulfide) groups is 1. The SMILES string of the molecule is CC1CCNCC1NC(=O)C1CCCS1.Cl. The lowest BCUT2D eigenvalue weighted by Gasteiger charge is -2.31. The zero-order chi connectivity index (χ0) is 10.7. The van der Waals surface area contributed by atoms with Gasteiger partial charge in [0.25, 0.3) is 0 Å². The van der Waals surface area contributed by atoms with Gasteiger partial charge in [-0.15, -0.1) is 24.2 Å². The minimum Gasteiger partial charge on any atom is -0.351 e. The molecule has 16 heavy (non-hydrogen) atoms. The maximum atomic E-state index is 11.9. The molecule has 0 radical (unpaired) electrons. The largest absolute Gasteiger partial charge is 0.351 e. The van der Waals surface area contributed by atoms with Crippen LogP contribution in [0.4, 0.5) is 0 Å². The number of hydrogen-bond donors (Lipinski definition) is 2. The fourth-order valence-corrected chi connectivity index (χ4v) is 3.41. The van der Waals surface area contributed by atoms with Gasteiger partial charge < -0.3 is 10.6 Å². The Morgan fingerprint density at radius 1 is 1.44 bits per heavy atom. The zero-order valence-corrected chi connectivity index (χ0v) is 11.3. The predicted octanol–water partition coefficient (Wildman–Crippen LogP) is 1.42. The molecule has 2 N–H and O–H groups in total. The molecule has 0 aromatic heterocycles. The van der Waals surface area contributed by atoms with E-state index in [1.54, 1.807) is 0 Å². The van der Waals surface area contributed by atoms with Crippen molar-refractivity contribution in [2.45, 2.75) is 37.5 Å². The Labute approximate surface area is 108 Å². The topological polar surface area (TPSA) is 41.1 Å². The number of carbonyl (C=O) groups is 1. The van der Waals surface area contributed by atoms with E-state index in [1.165, 1.54) is 12.8 Å². The number of piperidine rings is 1. The number of hydrogen-bond acceptors (Lipinski definition) is 3. The van der Waals surface area contributed by atoms with Gasteiger partial charge >= 0.3 is 0 Å². The van der Waals surface area contributed by atoms with Gasteiger partial charge in [0.15, 0.2) is 0 Å². The number of halogens is 1. The van der Waals surface area contributed by atoms with Gasteiger partial charge in [-0.1, -0.05) is 6.92 Å². The molecule has 2 aliphatic heterocycles. The van der Waals surface area contributed by atoms with Crippen LogP contribution in [-0.2, 0) is 4.79 Å². The quantitative estimate of drug-likeness (QED) is 0.793. The summed E-state index contributed by atoms with van der Waals surface area (Å²) in [6.07, 6.45) is 3.43. The first kappa shape index (κ1) is 14.1. The van der Waals surface area contributed by atoms with Crippen molar-refractivity contribution in [2.75, 3.05) is 18.8 Å². The number of rotatable bonds is 2. The van der Waals surface area contributed by atoms with Crippen LogP contribution in [0.3, 0.4) is 0 Å². The standard InChI is InChI=1S/C11H20N2OS.ClH/c1-8-4-5-12-7-9(8)13-11(14)10-3-2-6-15-10;/h8-10,12H,2-7H2,1H3,(H,13,14);1H. The highest BCUT2D eigenvalue weighted by atomic mass is 35.5. The molecule has 94 valence electrons. The highest BCUT2D eigenvalue weighted by Gasteiger charge is 2.28. The van der Waals surface area contributed by atoms with Crippen LogP contribution in [0.1, 0.15) is 26.2 Å². The molecular formula is C11H21ClN2OS. The summed E-state index contributed by atoms with van der Waals surface area (Å²) in [6, 6.07) is 0.340. The third-order valence-corrected chi connectivity index (χ3v) is 4.75. The second-order valence-corrected chi connectivity index (χ2v) is 5.90. The van der Waals surface area contributed by atoms with Crippen LogP contribution in [0.2, 0.25) is 0 Å². The summed E-state index contributed by atoms with van der Waals surface area (Å²) in [5.41, 5.74) is 0. The number of amides is 1. The molecular weight excluding hydrogens is 244 g/mol. The fraction of sp³-hybridized carbons (Fsp3) is 0.909. The van der Waals surface area contributed by atoms with Gasteiger partial charge in [0.2, 0.25) is 5.91 Å². The molecule has 2 heterocycles. The van der Waals surface area contributed by atoms with Gasteiger partial charge in [0.05, 0.1) is 5.25 Å². The fourth-order valence-electron chi connectivity index (χ4n) is 2.24. The molecule has 0 aromatic carbocycles. The molecule has 0 spiro atoms. The smallest absolute Gasteiger partial charge is 0.233 e. The van der Waals surface area contributed by atoms with Crippen molar-refractivity contribution < 1.29 is 4.79 Å². The van der Waals surface area contributed by atoms with Crippen molar-refractivity contribution >= 4 is 30.1 Å². The summed E-state index contributed by atoms with van der Waals surface area (Å²) in [7, 11) is 0. The summed E-state index contributed by atoms with van der Waals surface area (Å²) in [5.74, 6) is 2.02. The van der Waals surface area contributed by atoms with Crippen molar-refractivity contribution in [3.05, 3.63) is 0 Å². The summed E-state index contributed by atoms with van der Waals surface area (Å²) in [4.78, 5) is 11.9. The van der Waals surface area contributed by atoms with Gasteiger partial charge in [-0.05, 0) is 37.5 Å². The molecule has 3 nitrogen and oxygen atoms in total. The molecule has 3 atom stereocenters. The Morgan fingerprint density at radius 3 is 2.88 bits per heavy atom. The van der Waals surface area contributed by atoms with Crippen LogP contribution >= 0.6 is 24.2 Å². The van der Waals surface area contributed by atoms with Crippen molar-refractivity contribution in [1.82, 2.24) is 10.6 Å². The van der Waals surface area contributed by atoms with Crippen LogP contribution in [-0.4, -0.2) is 36.0 Å². The highest BCUT2D eigenvalue weighted by Crippen LogP contribution is 2.26. The minimum absolute atomic E-state index is 0. The van der Waals surface area contributed by atoms with Gasteiger partial charge in [0, 0.05) is 12.6 Å². The van der Waals surface area contributed by atoms with Gasteiger partial charge in [-0.3, -0.25) is 4.79 Å². The molecule has 1 amide bonds. The molecule has 2 aliphatic rings. The van der Waals surface area contributed by atoms with Gasteiger partial charge in [-0.2, -0.15) is 0 Å². The van der Waals surface area contributed by atoms with Crippen LogP contribution < -0.4 is 10.6 Å². The second-order valence-electron chi connectivity index (χ2n) is 4.59. The third kappa shape index (κ3) is 3.54. The van der Waals surface area contributed by atoms with Crippen LogP contribution in [0, 0.1) is 5.92 Å². The average Bonchev–Trinajstić information content (AvgIpc) is 2.74. The maximum Gasteiger partial charge on any atom is 0.233 e. The minimum atomic E-state index is 0. The van der Waals surface area contributed by atoms with E-state index in [-0.39, 0.29) is 23.6 Å². The van der Waals surface area contributed by atoms with E-state index < -0.39 is 0 Å². The maximum absolute atomic E-state index is 11.9. The lowest BCUT2D eigenvalue weighted by atomic mass is 9.94. The van der Waals surface area contributed by atoms with E-state index >= 15 is 0 Å². The van der Waals surface area contributed by atoms with Crippen molar-refractivity contribution in [3.63, 3.8) is 0 Å². The number of nitrogens with one attached hydrogen (secondary N) is 2. The Balaban J connectivity index is 0.00000128. The Hall–Kier alpha value is 0.0700. The molecule has 0 saturated carbocycles. The summed E-state index contributed by atoms with van der Waals surface area (Å²) < 4.78 is 0. The first-order valence-electron chi connectivity index (χ1n) is 5.90. The van der Waals surface area contributed by atoms with E-state index in [9.17, 15) is 4.79 Å². The molecule has 5 heteroatoms. The van der Waals surface area contributed by atoms with Crippen molar-refractivity contribution in [3.8, 4) is 0 Å². The Kier molecular flexibility index (Phi) is 5.94. The summed E-state index contributed by atoms with van der Waals surface area (Å²) in [5, 5.41) is 6.75. The molecule has 2 rings (SSSR count). The van der Waals surface area contributed by atoms with Gasteiger partial charge in [0.1, 0.15) is 0 Å². The normalized spacial score (nSPS) is 34.2. The van der Waals surface area contributed by atoms with Crippen LogP contribution in [0.25, 0.3) is 0 Å². The molecule has 0 aromatic rings. The lowest BCUT2D eigenvalue weighted by molar-refractivity contribution is -0.121. The molecule has 0 bridgehead atoms. The van der Waals surface area contributed by atoms with E-state index in [0.717, 1.165) is 25.3 Å². The summed E-state index contributed by atoms with van der Waals surface area (Å²) in [6.45, 7) is 4.25. The number of carbonyl (C=O) groups excluding carboxylic acids is 1. The lowest BCUT2D eigenvalue weighted by Crippen LogP contribution is -2.51. The first-order valence-corrected chi connectivity index (χ1v) is 6.95. The van der Waals surface area contributed by atoms with Crippen LogP contribution in [0.15, 0.2) is 0 Å². The zero-order valence-electron chi connectivity index (χ0n) is 9.70. The molecule has 2 fully saturated rings. The van der Waals surface area contributed by atoms with Crippen LogP contribution in [0.5, 0.6) is 0 Å². The van der Waals surface area contributed by atoms with E-state index in [2.05, 4.69) is 17.6 Å². The Bertz CT molecular complexity index is 234. The summed E-state index contributed by atoms with van der Waals surface area (Å²) >= 11 is 1.81. The first-order chi connectivity index (χ1) is 7.27. The molecule has 0 aliphatic carbocycles. The van der Waals surface area contributed by atoms with E-state index in [1.807, 2.05) is 11.8 Å². The predicted molar refractivity (Wildman–Crippen MR) is 71.3 cm³/mol. The van der Waals surface area contributed by atoms with Crippen molar-refractivity contribution in [1.29, 1.82) is 0 Å². The van der Waals surface area contributed by atoms with Gasteiger partial charge in [-0.25, -0.2) is 0 Å². The third-order valence-electron chi connectivity index (χ3n) is 3.38. The average molecular weight is 265 g/mol. The van der Waals surface area contributed by atoms with E-state index in [4.69, 9.17) is 0 Å². The second kappa shape index (κ2) is 6.72. The van der Waals surface area contributed by atoms with E-state index in [0.29, 0.717) is 12.0 Å².